The lowest BCUT2D eigenvalue weighted by Gasteiger charge is -2.15. The molecule has 21 heavy (non-hydrogen) atoms. The highest BCUT2D eigenvalue weighted by atomic mass is 32.2. The molecule has 0 unspecified atom stereocenters. The van der Waals surface area contributed by atoms with E-state index in [1.807, 2.05) is 6.92 Å². The van der Waals surface area contributed by atoms with Gasteiger partial charge in [0.1, 0.15) is 11.6 Å². The summed E-state index contributed by atoms with van der Waals surface area (Å²) in [7, 11) is -1.75. The summed E-state index contributed by atoms with van der Waals surface area (Å²) in [4.78, 5) is 4.47. The van der Waals surface area contributed by atoms with Crippen LogP contribution in [0.5, 0.6) is 5.75 Å². The molecule has 0 aliphatic rings. The molecule has 0 saturated carbocycles. The highest BCUT2D eigenvalue weighted by molar-refractivity contribution is 7.91. The molecule has 0 amide bonds. The van der Waals surface area contributed by atoms with E-state index < -0.39 is 9.84 Å². The van der Waals surface area contributed by atoms with E-state index in [-0.39, 0.29) is 11.8 Å². The third-order valence-electron chi connectivity index (χ3n) is 2.93. The molecule has 2 aromatic rings. The fourth-order valence-electron chi connectivity index (χ4n) is 1.96. The molecule has 0 aliphatic carbocycles. The van der Waals surface area contributed by atoms with Crippen molar-refractivity contribution >= 4 is 15.7 Å². The predicted octanol–water partition coefficient (Wildman–Crippen LogP) is 2.36. The van der Waals surface area contributed by atoms with Crippen molar-refractivity contribution < 1.29 is 13.2 Å². The normalized spacial score (nSPS) is 12.7. The fourth-order valence-corrected chi connectivity index (χ4v) is 3.47. The Morgan fingerprint density at radius 3 is 2.62 bits per heavy atom. The van der Waals surface area contributed by atoms with Gasteiger partial charge in [-0.25, -0.2) is 13.4 Å². The van der Waals surface area contributed by atoms with Crippen LogP contribution < -0.4 is 10.1 Å². The van der Waals surface area contributed by atoms with E-state index in [0.717, 1.165) is 0 Å². The Kier molecular flexibility index (Phi) is 4.80. The number of rotatable bonds is 6. The van der Waals surface area contributed by atoms with Gasteiger partial charge in [-0.05, 0) is 25.1 Å². The van der Waals surface area contributed by atoms with Gasteiger partial charge in [-0.2, -0.15) is 0 Å². The number of hydrogen-bond acceptors (Lipinski definition) is 5. The van der Waals surface area contributed by atoms with Crippen molar-refractivity contribution in [2.45, 2.75) is 17.9 Å². The molecule has 0 radical (unpaired) electrons. The van der Waals surface area contributed by atoms with Crippen molar-refractivity contribution in [1.82, 2.24) is 4.98 Å². The zero-order valence-corrected chi connectivity index (χ0v) is 12.8. The summed E-state index contributed by atoms with van der Waals surface area (Å²) in [6.07, 6.45) is 1.61. The Morgan fingerprint density at radius 2 is 1.95 bits per heavy atom. The van der Waals surface area contributed by atoms with Crippen LogP contribution in [0.4, 0.5) is 5.82 Å². The van der Waals surface area contributed by atoms with Crippen molar-refractivity contribution in [1.29, 1.82) is 0 Å². The number of sulfone groups is 1. The van der Waals surface area contributed by atoms with Crippen molar-refractivity contribution in [2.24, 2.45) is 0 Å². The van der Waals surface area contributed by atoms with Crippen molar-refractivity contribution in [3.63, 3.8) is 0 Å². The average Bonchev–Trinajstić information content (AvgIpc) is 2.47. The van der Waals surface area contributed by atoms with Crippen LogP contribution in [0.1, 0.15) is 6.92 Å². The Labute approximate surface area is 124 Å². The second-order valence-corrected chi connectivity index (χ2v) is 6.75. The number of pyridine rings is 1. The summed E-state index contributed by atoms with van der Waals surface area (Å²) >= 11 is 0. The summed E-state index contributed by atoms with van der Waals surface area (Å²) in [5.74, 6) is 1.26. The van der Waals surface area contributed by atoms with Gasteiger partial charge in [0.05, 0.1) is 17.8 Å². The number of methoxy groups -OCH3 is 1. The zero-order valence-electron chi connectivity index (χ0n) is 12.0. The topological polar surface area (TPSA) is 68.3 Å². The number of nitrogens with zero attached hydrogens (tertiary/aromatic N) is 1. The molecule has 5 nitrogen and oxygen atoms in total. The molecule has 0 bridgehead atoms. The second-order valence-electron chi connectivity index (χ2n) is 4.72. The van der Waals surface area contributed by atoms with Crippen LogP contribution in [-0.4, -0.2) is 32.3 Å². The van der Waals surface area contributed by atoms with E-state index in [1.165, 1.54) is 0 Å². The number of aromatic nitrogens is 1. The van der Waals surface area contributed by atoms with Gasteiger partial charge in [-0.1, -0.05) is 18.2 Å². The third-order valence-corrected chi connectivity index (χ3v) is 4.86. The SMILES string of the molecule is COc1ccnc(N[C@H](C)CS(=O)(=O)c2ccccc2)c1. The molecule has 1 heterocycles. The summed E-state index contributed by atoms with van der Waals surface area (Å²) in [5, 5.41) is 3.07. The first-order chi connectivity index (χ1) is 10.0. The van der Waals surface area contributed by atoms with E-state index >= 15 is 0 Å². The van der Waals surface area contributed by atoms with Crippen LogP contribution in [0.25, 0.3) is 0 Å². The molecule has 2 rings (SSSR count). The first kappa shape index (κ1) is 15.3. The number of nitrogens with one attached hydrogen (secondary N) is 1. The lowest BCUT2D eigenvalue weighted by atomic mass is 10.3. The van der Waals surface area contributed by atoms with Crippen molar-refractivity contribution in [2.75, 3.05) is 18.2 Å². The van der Waals surface area contributed by atoms with Crippen molar-refractivity contribution in [3.8, 4) is 5.75 Å². The van der Waals surface area contributed by atoms with Crippen LogP contribution >= 0.6 is 0 Å². The van der Waals surface area contributed by atoms with E-state index in [9.17, 15) is 8.42 Å². The van der Waals surface area contributed by atoms with Gasteiger partial charge in [-0.15, -0.1) is 0 Å². The molecule has 0 spiro atoms. The molecule has 0 saturated heterocycles. The molecule has 1 aromatic carbocycles. The monoisotopic (exact) mass is 306 g/mol. The van der Waals surface area contributed by atoms with Gasteiger partial charge in [0.2, 0.25) is 0 Å². The molecule has 0 fully saturated rings. The lowest BCUT2D eigenvalue weighted by Crippen LogP contribution is -2.26. The van der Waals surface area contributed by atoms with Gasteiger partial charge < -0.3 is 10.1 Å². The number of anilines is 1. The van der Waals surface area contributed by atoms with Crippen LogP contribution in [0.3, 0.4) is 0 Å². The van der Waals surface area contributed by atoms with Crippen LogP contribution in [-0.2, 0) is 9.84 Å². The second kappa shape index (κ2) is 6.58. The first-order valence-electron chi connectivity index (χ1n) is 6.55. The fraction of sp³-hybridized carbons (Fsp3) is 0.267. The molecular formula is C15H18N2O3S. The summed E-state index contributed by atoms with van der Waals surface area (Å²) in [6, 6.07) is 11.6. The minimum Gasteiger partial charge on any atom is -0.497 e. The molecule has 1 atom stereocenters. The van der Waals surface area contributed by atoms with E-state index in [2.05, 4.69) is 10.3 Å². The number of ether oxygens (including phenoxy) is 1. The van der Waals surface area contributed by atoms with Crippen LogP contribution in [0, 0.1) is 0 Å². The van der Waals surface area contributed by atoms with Gasteiger partial charge in [0.25, 0.3) is 0 Å². The summed E-state index contributed by atoms with van der Waals surface area (Å²) in [6.45, 7) is 1.81. The quantitative estimate of drug-likeness (QED) is 0.887. The molecule has 1 aromatic heterocycles. The molecule has 1 N–H and O–H groups in total. The molecule has 0 aliphatic heterocycles. The Bertz CT molecular complexity index is 687. The number of benzene rings is 1. The minimum atomic E-state index is -3.32. The van der Waals surface area contributed by atoms with Gasteiger partial charge in [0.15, 0.2) is 9.84 Å². The van der Waals surface area contributed by atoms with Crippen LogP contribution in [0.15, 0.2) is 53.6 Å². The Balaban J connectivity index is 2.06. The average molecular weight is 306 g/mol. The smallest absolute Gasteiger partial charge is 0.180 e. The van der Waals surface area contributed by atoms with Gasteiger partial charge in [-0.3, -0.25) is 0 Å². The molecule has 112 valence electrons. The largest absolute Gasteiger partial charge is 0.497 e. The van der Waals surface area contributed by atoms with Crippen molar-refractivity contribution in [3.05, 3.63) is 48.7 Å². The maximum absolute atomic E-state index is 12.3. The van der Waals surface area contributed by atoms with E-state index in [4.69, 9.17) is 4.74 Å². The standard InChI is InChI=1S/C15H18N2O3S/c1-12(17-15-10-13(20-2)8-9-16-15)11-21(18,19)14-6-4-3-5-7-14/h3-10,12H,11H2,1-2H3,(H,16,17)/t12-/m1/s1. The zero-order chi connectivity index (χ0) is 15.3. The first-order valence-corrected chi connectivity index (χ1v) is 8.21. The molecular weight excluding hydrogens is 288 g/mol. The minimum absolute atomic E-state index is 0.00406. The maximum atomic E-state index is 12.3. The highest BCUT2D eigenvalue weighted by Gasteiger charge is 2.18. The highest BCUT2D eigenvalue weighted by Crippen LogP contribution is 2.16. The lowest BCUT2D eigenvalue weighted by molar-refractivity contribution is 0.414. The summed E-state index contributed by atoms with van der Waals surface area (Å²) in [5.41, 5.74) is 0. The summed E-state index contributed by atoms with van der Waals surface area (Å²) < 4.78 is 29.7. The van der Waals surface area contributed by atoms with Crippen LogP contribution in [0.2, 0.25) is 0 Å². The van der Waals surface area contributed by atoms with Gasteiger partial charge >= 0.3 is 0 Å². The Hall–Kier alpha value is -2.08. The number of hydrogen-bond donors (Lipinski definition) is 1. The van der Waals surface area contributed by atoms with E-state index in [1.54, 1.807) is 55.8 Å². The molecule has 6 heteroatoms. The van der Waals surface area contributed by atoms with E-state index in [0.29, 0.717) is 16.5 Å². The predicted molar refractivity (Wildman–Crippen MR) is 82.4 cm³/mol. The third kappa shape index (κ3) is 4.19. The van der Waals surface area contributed by atoms with Gasteiger partial charge in [0, 0.05) is 18.3 Å². The Morgan fingerprint density at radius 1 is 1.24 bits per heavy atom. The maximum Gasteiger partial charge on any atom is 0.180 e.